The summed E-state index contributed by atoms with van der Waals surface area (Å²) in [6.07, 6.45) is 1.08. The number of hydrogen-bond donors (Lipinski definition) is 1. The van der Waals surface area contributed by atoms with Crippen molar-refractivity contribution in [2.45, 2.75) is 32.0 Å². The van der Waals surface area contributed by atoms with Crippen LogP contribution in [0.3, 0.4) is 0 Å². The van der Waals surface area contributed by atoms with E-state index < -0.39 is 0 Å². The Morgan fingerprint density at radius 2 is 2.20 bits per heavy atom. The Bertz CT molecular complexity index is 409. The molecule has 2 atom stereocenters. The van der Waals surface area contributed by atoms with Gasteiger partial charge in [0, 0.05) is 30.8 Å². The Morgan fingerprint density at radius 1 is 1.40 bits per heavy atom. The van der Waals surface area contributed by atoms with Gasteiger partial charge >= 0.3 is 0 Å². The third kappa shape index (κ3) is 3.72. The summed E-state index contributed by atoms with van der Waals surface area (Å²) in [6.45, 7) is 5.69. The van der Waals surface area contributed by atoms with Gasteiger partial charge in [0.2, 0.25) is 0 Å². The van der Waals surface area contributed by atoms with Crippen LogP contribution < -0.4 is 10.1 Å². The molecule has 0 saturated carbocycles. The maximum absolute atomic E-state index is 5.66. The van der Waals surface area contributed by atoms with Crippen LogP contribution in [0.2, 0.25) is 0 Å². The number of para-hydroxylation sites is 1. The van der Waals surface area contributed by atoms with Gasteiger partial charge < -0.3 is 14.8 Å². The predicted molar refractivity (Wildman–Crippen MR) is 81.1 cm³/mol. The lowest BCUT2D eigenvalue weighted by molar-refractivity contribution is 0.00366. The van der Waals surface area contributed by atoms with E-state index in [0.717, 1.165) is 38.5 Å². The molecule has 1 aliphatic heterocycles. The van der Waals surface area contributed by atoms with Crippen molar-refractivity contribution in [3.63, 3.8) is 0 Å². The summed E-state index contributed by atoms with van der Waals surface area (Å²) in [5.74, 6) is 0.955. The van der Waals surface area contributed by atoms with Crippen molar-refractivity contribution in [2.24, 2.45) is 0 Å². The van der Waals surface area contributed by atoms with Crippen molar-refractivity contribution < 1.29 is 9.47 Å². The monoisotopic (exact) mass is 278 g/mol. The summed E-state index contributed by atoms with van der Waals surface area (Å²) in [4.78, 5) is 2.37. The Morgan fingerprint density at radius 3 is 2.95 bits per heavy atom. The average molecular weight is 278 g/mol. The first kappa shape index (κ1) is 15.3. The SMILES string of the molecule is CCNC1CCOCC1N(C)Cc1ccccc1OC. The molecule has 0 radical (unpaired) electrons. The first-order valence-corrected chi connectivity index (χ1v) is 7.39. The molecule has 0 aliphatic carbocycles. The summed E-state index contributed by atoms with van der Waals surface area (Å²) in [5, 5.41) is 3.58. The number of rotatable bonds is 6. The minimum absolute atomic E-state index is 0.411. The van der Waals surface area contributed by atoms with E-state index in [9.17, 15) is 0 Å². The fraction of sp³-hybridized carbons (Fsp3) is 0.625. The Labute approximate surface area is 122 Å². The second kappa shape index (κ2) is 7.62. The number of hydrogen-bond acceptors (Lipinski definition) is 4. The maximum atomic E-state index is 5.66. The van der Waals surface area contributed by atoms with E-state index in [4.69, 9.17) is 9.47 Å². The zero-order valence-electron chi connectivity index (χ0n) is 12.8. The summed E-state index contributed by atoms with van der Waals surface area (Å²) >= 11 is 0. The van der Waals surface area contributed by atoms with Gasteiger partial charge in [0.25, 0.3) is 0 Å². The van der Waals surface area contributed by atoms with Gasteiger partial charge in [-0.3, -0.25) is 4.90 Å². The predicted octanol–water partition coefficient (Wildman–Crippen LogP) is 1.89. The van der Waals surface area contributed by atoms with Crippen molar-refractivity contribution in [3.8, 4) is 5.75 Å². The standard InChI is InChI=1S/C16H26N2O2/c1-4-17-14-9-10-20-12-15(14)18(2)11-13-7-5-6-8-16(13)19-3/h5-8,14-15,17H,4,9-12H2,1-3H3. The quantitative estimate of drug-likeness (QED) is 0.861. The van der Waals surface area contributed by atoms with E-state index in [1.807, 2.05) is 12.1 Å². The molecule has 0 aromatic heterocycles. The first-order valence-electron chi connectivity index (χ1n) is 7.39. The number of nitrogens with one attached hydrogen (secondary N) is 1. The van der Waals surface area contributed by atoms with Crippen molar-refractivity contribution in [3.05, 3.63) is 29.8 Å². The number of methoxy groups -OCH3 is 1. The zero-order valence-corrected chi connectivity index (χ0v) is 12.8. The lowest BCUT2D eigenvalue weighted by Crippen LogP contribution is -2.53. The van der Waals surface area contributed by atoms with Crippen LogP contribution in [-0.2, 0) is 11.3 Å². The van der Waals surface area contributed by atoms with Crippen molar-refractivity contribution in [1.29, 1.82) is 0 Å². The van der Waals surface area contributed by atoms with Crippen molar-refractivity contribution in [2.75, 3.05) is 33.9 Å². The van der Waals surface area contributed by atoms with E-state index in [1.165, 1.54) is 5.56 Å². The van der Waals surface area contributed by atoms with Crippen LogP contribution in [0, 0.1) is 0 Å². The number of ether oxygens (including phenoxy) is 2. The lowest BCUT2D eigenvalue weighted by atomic mass is 10.0. The second-order valence-corrected chi connectivity index (χ2v) is 5.32. The molecule has 2 unspecified atom stereocenters. The average Bonchev–Trinajstić information content (AvgIpc) is 2.48. The second-order valence-electron chi connectivity index (χ2n) is 5.32. The fourth-order valence-electron chi connectivity index (χ4n) is 2.88. The van der Waals surface area contributed by atoms with Crippen molar-refractivity contribution in [1.82, 2.24) is 10.2 Å². The van der Waals surface area contributed by atoms with Gasteiger partial charge in [0.05, 0.1) is 13.7 Å². The molecular weight excluding hydrogens is 252 g/mol. The van der Waals surface area contributed by atoms with Crippen LogP contribution in [0.4, 0.5) is 0 Å². The molecule has 0 spiro atoms. The molecule has 1 aliphatic rings. The summed E-state index contributed by atoms with van der Waals surface area (Å²) in [7, 11) is 3.89. The van der Waals surface area contributed by atoms with Gasteiger partial charge in [-0.1, -0.05) is 25.1 Å². The van der Waals surface area contributed by atoms with Crippen LogP contribution in [0.1, 0.15) is 18.9 Å². The largest absolute Gasteiger partial charge is 0.496 e. The Kier molecular flexibility index (Phi) is 5.83. The topological polar surface area (TPSA) is 33.7 Å². The number of nitrogens with zero attached hydrogens (tertiary/aromatic N) is 1. The first-order chi connectivity index (χ1) is 9.76. The highest BCUT2D eigenvalue weighted by molar-refractivity contribution is 5.33. The van der Waals surface area contributed by atoms with Crippen molar-refractivity contribution >= 4 is 0 Å². The molecule has 20 heavy (non-hydrogen) atoms. The molecule has 112 valence electrons. The lowest BCUT2D eigenvalue weighted by Gasteiger charge is -2.38. The minimum atomic E-state index is 0.411. The normalized spacial score (nSPS) is 23.0. The third-order valence-electron chi connectivity index (χ3n) is 3.97. The molecule has 2 rings (SSSR count). The highest BCUT2D eigenvalue weighted by Crippen LogP contribution is 2.21. The maximum Gasteiger partial charge on any atom is 0.123 e. The smallest absolute Gasteiger partial charge is 0.123 e. The van der Waals surface area contributed by atoms with E-state index in [0.29, 0.717) is 12.1 Å². The molecule has 4 heteroatoms. The zero-order chi connectivity index (χ0) is 14.4. The molecule has 4 nitrogen and oxygen atoms in total. The highest BCUT2D eigenvalue weighted by atomic mass is 16.5. The Hall–Kier alpha value is -1.10. The molecule has 0 amide bonds. The summed E-state index contributed by atoms with van der Waals surface area (Å²) < 4.78 is 11.1. The van der Waals surface area contributed by atoms with Crippen LogP contribution in [0.5, 0.6) is 5.75 Å². The van der Waals surface area contributed by atoms with Gasteiger partial charge in [-0.15, -0.1) is 0 Å². The minimum Gasteiger partial charge on any atom is -0.496 e. The molecule has 0 bridgehead atoms. The molecule has 1 heterocycles. The number of likely N-dealkylation sites (N-methyl/N-ethyl adjacent to an activating group) is 2. The van der Waals surface area contributed by atoms with Crippen LogP contribution in [0.15, 0.2) is 24.3 Å². The molecule has 1 aromatic rings. The van der Waals surface area contributed by atoms with Crippen LogP contribution in [-0.4, -0.2) is 50.9 Å². The summed E-state index contributed by atoms with van der Waals surface area (Å²) in [6, 6.07) is 9.13. The van der Waals surface area contributed by atoms with E-state index >= 15 is 0 Å². The summed E-state index contributed by atoms with van der Waals surface area (Å²) in [5.41, 5.74) is 1.22. The molecule has 1 fully saturated rings. The highest BCUT2D eigenvalue weighted by Gasteiger charge is 2.28. The molecule has 1 aromatic carbocycles. The van der Waals surface area contributed by atoms with E-state index in [-0.39, 0.29) is 0 Å². The molecule has 1 N–H and O–H groups in total. The van der Waals surface area contributed by atoms with Gasteiger partial charge in [-0.2, -0.15) is 0 Å². The third-order valence-corrected chi connectivity index (χ3v) is 3.97. The van der Waals surface area contributed by atoms with E-state index in [1.54, 1.807) is 7.11 Å². The van der Waals surface area contributed by atoms with Crippen LogP contribution in [0.25, 0.3) is 0 Å². The van der Waals surface area contributed by atoms with Gasteiger partial charge in [-0.25, -0.2) is 0 Å². The van der Waals surface area contributed by atoms with Crippen LogP contribution >= 0.6 is 0 Å². The fourth-order valence-corrected chi connectivity index (χ4v) is 2.88. The van der Waals surface area contributed by atoms with Gasteiger partial charge in [-0.05, 0) is 26.1 Å². The molecular formula is C16H26N2O2. The molecule has 1 saturated heterocycles. The Balaban J connectivity index is 2.03. The van der Waals surface area contributed by atoms with Gasteiger partial charge in [0.1, 0.15) is 5.75 Å². The van der Waals surface area contributed by atoms with E-state index in [2.05, 4.69) is 36.3 Å². The number of benzene rings is 1. The van der Waals surface area contributed by atoms with Gasteiger partial charge in [0.15, 0.2) is 0 Å².